The molecular weight excluding hydrogens is 262 g/mol. The van der Waals surface area contributed by atoms with Gasteiger partial charge in [0.05, 0.1) is 11.0 Å². The first-order valence-corrected chi connectivity index (χ1v) is 6.48. The molecule has 112 valence electrons. The van der Waals surface area contributed by atoms with Crippen molar-refractivity contribution in [2.24, 2.45) is 0 Å². The van der Waals surface area contributed by atoms with E-state index in [4.69, 9.17) is 5.11 Å². The number of nitro benzene ring substituents is 1. The summed E-state index contributed by atoms with van der Waals surface area (Å²) in [6.45, 7) is 2.56. The van der Waals surface area contributed by atoms with Crippen LogP contribution in [0.3, 0.4) is 0 Å². The summed E-state index contributed by atoms with van der Waals surface area (Å²) in [5.41, 5.74) is 1.07. The van der Waals surface area contributed by atoms with E-state index in [2.05, 4.69) is 5.32 Å². The summed E-state index contributed by atoms with van der Waals surface area (Å²) in [6.07, 6.45) is 0.0216. The van der Waals surface area contributed by atoms with Gasteiger partial charge in [-0.25, -0.2) is 0 Å². The third-order valence-corrected chi connectivity index (χ3v) is 2.86. The minimum absolute atomic E-state index is 0.0287. The van der Waals surface area contributed by atoms with E-state index in [1.165, 1.54) is 6.07 Å². The van der Waals surface area contributed by atoms with Gasteiger partial charge in [0.2, 0.25) is 0 Å². The molecular formula is C13H21N3O4. The second kappa shape index (κ2) is 7.66. The lowest BCUT2D eigenvalue weighted by Gasteiger charge is -2.19. The van der Waals surface area contributed by atoms with E-state index in [9.17, 15) is 15.2 Å². The van der Waals surface area contributed by atoms with E-state index in [1.807, 2.05) is 11.9 Å². The van der Waals surface area contributed by atoms with E-state index in [0.29, 0.717) is 24.3 Å². The Kier molecular flexibility index (Phi) is 6.20. The maximum absolute atomic E-state index is 11.1. The molecule has 0 bridgehead atoms. The predicted molar refractivity (Wildman–Crippen MR) is 78.2 cm³/mol. The number of nitrogens with one attached hydrogen (secondary N) is 1. The lowest BCUT2D eigenvalue weighted by molar-refractivity contribution is -0.383. The summed E-state index contributed by atoms with van der Waals surface area (Å²) >= 11 is 0. The van der Waals surface area contributed by atoms with Crippen LogP contribution in [0.4, 0.5) is 17.1 Å². The molecule has 1 aromatic rings. The quantitative estimate of drug-likeness (QED) is 0.490. The molecule has 7 nitrogen and oxygen atoms in total. The number of aliphatic hydroxyl groups excluding tert-OH is 2. The smallest absolute Gasteiger partial charge is 0.294 e. The molecule has 0 aromatic heterocycles. The molecule has 0 aliphatic rings. The average Bonchev–Trinajstić information content (AvgIpc) is 2.42. The normalized spacial score (nSPS) is 12.0. The first-order valence-electron chi connectivity index (χ1n) is 6.48. The Labute approximate surface area is 118 Å². The number of rotatable bonds is 8. The van der Waals surface area contributed by atoms with Gasteiger partial charge < -0.3 is 20.4 Å². The van der Waals surface area contributed by atoms with Gasteiger partial charge in [-0.05, 0) is 25.5 Å². The standard InChI is InChI=1S/C13H21N3O4/c1-10(18)9-14-12-5-4-11(8-13(12)16(19)20)15(2)6-3-7-17/h4-5,8,10,14,17-18H,3,6-7,9H2,1-2H3. The molecule has 1 unspecified atom stereocenters. The number of anilines is 2. The van der Waals surface area contributed by atoms with Gasteiger partial charge in [-0.15, -0.1) is 0 Å². The average molecular weight is 283 g/mol. The third-order valence-electron chi connectivity index (χ3n) is 2.86. The highest BCUT2D eigenvalue weighted by Gasteiger charge is 2.16. The molecule has 0 radical (unpaired) electrons. The molecule has 0 amide bonds. The fourth-order valence-corrected chi connectivity index (χ4v) is 1.75. The molecule has 1 rings (SSSR count). The Hall–Kier alpha value is -1.86. The van der Waals surface area contributed by atoms with Crippen molar-refractivity contribution in [3.63, 3.8) is 0 Å². The maximum Gasteiger partial charge on any atom is 0.294 e. The molecule has 1 aromatic carbocycles. The fourth-order valence-electron chi connectivity index (χ4n) is 1.75. The van der Waals surface area contributed by atoms with E-state index in [-0.39, 0.29) is 18.8 Å². The molecule has 0 aliphatic carbocycles. The van der Waals surface area contributed by atoms with Crippen molar-refractivity contribution in [3.8, 4) is 0 Å². The van der Waals surface area contributed by atoms with Gasteiger partial charge in [0.25, 0.3) is 5.69 Å². The van der Waals surface area contributed by atoms with Crippen LogP contribution in [0.1, 0.15) is 13.3 Å². The second-order valence-corrected chi connectivity index (χ2v) is 4.69. The van der Waals surface area contributed by atoms with E-state index in [1.54, 1.807) is 19.1 Å². The Morgan fingerprint density at radius 2 is 2.20 bits per heavy atom. The van der Waals surface area contributed by atoms with Crippen LogP contribution in [-0.2, 0) is 0 Å². The second-order valence-electron chi connectivity index (χ2n) is 4.69. The van der Waals surface area contributed by atoms with Crippen molar-refractivity contribution < 1.29 is 15.1 Å². The lowest BCUT2D eigenvalue weighted by Crippen LogP contribution is -2.20. The van der Waals surface area contributed by atoms with Crippen molar-refractivity contribution in [3.05, 3.63) is 28.3 Å². The van der Waals surface area contributed by atoms with Crippen LogP contribution in [0.15, 0.2) is 18.2 Å². The highest BCUT2D eigenvalue weighted by atomic mass is 16.6. The molecule has 0 saturated carbocycles. The number of hydrogen-bond donors (Lipinski definition) is 3. The number of aliphatic hydroxyl groups is 2. The first kappa shape index (κ1) is 16.2. The summed E-state index contributed by atoms with van der Waals surface area (Å²) < 4.78 is 0. The van der Waals surface area contributed by atoms with Gasteiger partial charge in [0, 0.05) is 38.5 Å². The Bertz CT molecular complexity index is 451. The summed E-state index contributed by atoms with van der Waals surface area (Å²) in [5.74, 6) is 0. The van der Waals surface area contributed by atoms with Crippen LogP contribution >= 0.6 is 0 Å². The van der Waals surface area contributed by atoms with E-state index >= 15 is 0 Å². The topological polar surface area (TPSA) is 98.9 Å². The van der Waals surface area contributed by atoms with Crippen molar-refractivity contribution in [2.75, 3.05) is 37.0 Å². The van der Waals surface area contributed by atoms with Gasteiger partial charge in [-0.3, -0.25) is 10.1 Å². The lowest BCUT2D eigenvalue weighted by atomic mass is 10.2. The monoisotopic (exact) mass is 283 g/mol. The molecule has 1 atom stereocenters. The van der Waals surface area contributed by atoms with Crippen molar-refractivity contribution in [2.45, 2.75) is 19.4 Å². The zero-order valence-corrected chi connectivity index (χ0v) is 11.7. The van der Waals surface area contributed by atoms with Crippen LogP contribution in [-0.4, -0.2) is 48.0 Å². The molecule has 0 saturated heterocycles. The number of nitro groups is 1. The minimum atomic E-state index is -0.582. The number of nitrogens with zero attached hydrogens (tertiary/aromatic N) is 2. The molecule has 0 fully saturated rings. The molecule has 7 heteroatoms. The van der Waals surface area contributed by atoms with Gasteiger partial charge in [-0.1, -0.05) is 0 Å². The zero-order valence-electron chi connectivity index (χ0n) is 11.7. The summed E-state index contributed by atoms with van der Waals surface area (Å²) in [6, 6.07) is 4.89. The predicted octanol–water partition coefficient (Wildman–Crippen LogP) is 1.21. The van der Waals surface area contributed by atoms with E-state index < -0.39 is 11.0 Å². The molecule has 3 N–H and O–H groups in total. The van der Waals surface area contributed by atoms with Crippen LogP contribution in [0.5, 0.6) is 0 Å². The number of hydrogen-bond acceptors (Lipinski definition) is 6. The van der Waals surface area contributed by atoms with Gasteiger partial charge in [0.1, 0.15) is 5.69 Å². The zero-order chi connectivity index (χ0) is 15.1. The third kappa shape index (κ3) is 4.67. The maximum atomic E-state index is 11.1. The van der Waals surface area contributed by atoms with Gasteiger partial charge >= 0.3 is 0 Å². The molecule has 0 spiro atoms. The van der Waals surface area contributed by atoms with Crippen LogP contribution in [0.2, 0.25) is 0 Å². The van der Waals surface area contributed by atoms with Crippen LogP contribution < -0.4 is 10.2 Å². The summed E-state index contributed by atoms with van der Waals surface area (Å²) in [5, 5.41) is 32.0. The Balaban J connectivity index is 2.91. The van der Waals surface area contributed by atoms with Crippen molar-refractivity contribution >= 4 is 17.1 Å². The van der Waals surface area contributed by atoms with E-state index in [0.717, 1.165) is 0 Å². The highest BCUT2D eigenvalue weighted by Crippen LogP contribution is 2.29. The van der Waals surface area contributed by atoms with Crippen molar-refractivity contribution in [1.29, 1.82) is 0 Å². The number of benzene rings is 1. The molecule has 0 heterocycles. The van der Waals surface area contributed by atoms with Crippen molar-refractivity contribution in [1.82, 2.24) is 0 Å². The van der Waals surface area contributed by atoms with Crippen LogP contribution in [0.25, 0.3) is 0 Å². The van der Waals surface area contributed by atoms with Crippen LogP contribution in [0, 0.1) is 10.1 Å². The molecule has 20 heavy (non-hydrogen) atoms. The minimum Gasteiger partial charge on any atom is -0.396 e. The Morgan fingerprint density at radius 1 is 1.50 bits per heavy atom. The highest BCUT2D eigenvalue weighted by molar-refractivity contribution is 5.68. The Morgan fingerprint density at radius 3 is 2.75 bits per heavy atom. The van der Waals surface area contributed by atoms with Gasteiger partial charge in [-0.2, -0.15) is 0 Å². The summed E-state index contributed by atoms with van der Waals surface area (Å²) in [7, 11) is 1.82. The first-order chi connectivity index (χ1) is 9.45. The summed E-state index contributed by atoms with van der Waals surface area (Å²) in [4.78, 5) is 12.5. The largest absolute Gasteiger partial charge is 0.396 e. The van der Waals surface area contributed by atoms with Gasteiger partial charge in [0.15, 0.2) is 0 Å². The fraction of sp³-hybridized carbons (Fsp3) is 0.538. The SMILES string of the molecule is CC(O)CNc1ccc(N(C)CCCO)cc1[N+](=O)[O-]. The molecule has 0 aliphatic heterocycles.